The van der Waals surface area contributed by atoms with Crippen LogP contribution in [0.15, 0.2) is 10.9 Å². The zero-order valence-electron chi connectivity index (χ0n) is 10.4. The molecule has 2 rings (SSSR count). The maximum atomic E-state index is 12.7. The second-order valence-corrected chi connectivity index (χ2v) is 4.68. The molecule has 0 radical (unpaired) electrons. The van der Waals surface area contributed by atoms with E-state index in [9.17, 15) is 18.0 Å². The van der Waals surface area contributed by atoms with Crippen molar-refractivity contribution >= 4 is 5.95 Å². The van der Waals surface area contributed by atoms with Crippen LogP contribution in [0.3, 0.4) is 0 Å². The van der Waals surface area contributed by atoms with Crippen LogP contribution in [0.2, 0.25) is 0 Å². The Bertz CT molecular complexity index is 526. The molecule has 0 amide bonds. The summed E-state index contributed by atoms with van der Waals surface area (Å²) >= 11 is 0. The molecule has 1 aliphatic heterocycles. The Balaban J connectivity index is 2.44. The summed E-state index contributed by atoms with van der Waals surface area (Å²) < 4.78 is 39.1. The Labute approximate surface area is 107 Å². The normalized spacial score (nSPS) is 20.7. The van der Waals surface area contributed by atoms with E-state index in [1.807, 2.05) is 0 Å². The predicted octanol–water partition coefficient (Wildman–Crippen LogP) is 0.727. The van der Waals surface area contributed by atoms with Crippen molar-refractivity contribution in [3.63, 3.8) is 0 Å². The van der Waals surface area contributed by atoms with Gasteiger partial charge in [0.15, 0.2) is 5.69 Å². The molecule has 0 spiro atoms. The van der Waals surface area contributed by atoms with E-state index >= 15 is 0 Å². The number of alkyl halides is 3. The summed E-state index contributed by atoms with van der Waals surface area (Å²) in [4.78, 5) is 16.8. The lowest BCUT2D eigenvalue weighted by Gasteiger charge is -2.32. The summed E-state index contributed by atoms with van der Waals surface area (Å²) in [5, 5.41) is 0. The zero-order valence-corrected chi connectivity index (χ0v) is 10.4. The van der Waals surface area contributed by atoms with Crippen molar-refractivity contribution in [2.24, 2.45) is 12.8 Å². The van der Waals surface area contributed by atoms with Gasteiger partial charge in [-0.15, -0.1) is 0 Å². The molecule has 1 atom stereocenters. The van der Waals surface area contributed by atoms with E-state index in [2.05, 4.69) is 4.98 Å². The quantitative estimate of drug-likeness (QED) is 0.821. The molecule has 0 saturated carbocycles. The highest BCUT2D eigenvalue weighted by atomic mass is 19.4. The molecule has 106 valence electrons. The molecule has 1 saturated heterocycles. The summed E-state index contributed by atoms with van der Waals surface area (Å²) in [6.07, 6.45) is -3.03. The summed E-state index contributed by atoms with van der Waals surface area (Å²) in [6.45, 7) is 0.955. The third-order valence-corrected chi connectivity index (χ3v) is 3.14. The first-order valence-electron chi connectivity index (χ1n) is 5.95. The van der Waals surface area contributed by atoms with Crippen LogP contribution >= 0.6 is 0 Å². The first-order chi connectivity index (χ1) is 8.79. The Morgan fingerprint density at radius 3 is 2.74 bits per heavy atom. The highest BCUT2D eigenvalue weighted by Gasteiger charge is 2.34. The summed E-state index contributed by atoms with van der Waals surface area (Å²) in [7, 11) is 1.41. The van der Waals surface area contributed by atoms with E-state index in [0.29, 0.717) is 19.2 Å². The third kappa shape index (κ3) is 2.89. The molecule has 8 heteroatoms. The molecule has 2 N–H and O–H groups in total. The summed E-state index contributed by atoms with van der Waals surface area (Å²) in [6, 6.07) is 0.396. The number of aromatic nitrogens is 2. The number of piperidine rings is 1. The standard InChI is InChI=1S/C11H15F3N4O/c1-17-9(19)5-8(11(12,13)14)16-10(17)18-4-2-3-7(15)6-18/h5,7H,2-4,6,15H2,1H3/t7-/m1/s1. The summed E-state index contributed by atoms with van der Waals surface area (Å²) in [5.74, 6) is 0.0231. The minimum Gasteiger partial charge on any atom is -0.341 e. The number of nitrogens with two attached hydrogens (primary N) is 1. The number of halogens is 3. The Morgan fingerprint density at radius 2 is 2.16 bits per heavy atom. The van der Waals surface area contributed by atoms with E-state index in [-0.39, 0.29) is 12.0 Å². The van der Waals surface area contributed by atoms with Gasteiger partial charge in [-0.25, -0.2) is 4.98 Å². The zero-order chi connectivity index (χ0) is 14.2. The van der Waals surface area contributed by atoms with Crippen LogP contribution in [-0.4, -0.2) is 28.7 Å². The lowest BCUT2D eigenvalue weighted by atomic mass is 10.1. The maximum Gasteiger partial charge on any atom is 0.433 e. The van der Waals surface area contributed by atoms with Crippen molar-refractivity contribution in [1.29, 1.82) is 0 Å². The van der Waals surface area contributed by atoms with Crippen molar-refractivity contribution in [3.05, 3.63) is 22.1 Å². The second kappa shape index (κ2) is 4.84. The van der Waals surface area contributed by atoms with E-state index < -0.39 is 17.4 Å². The van der Waals surface area contributed by atoms with Gasteiger partial charge in [-0.1, -0.05) is 0 Å². The minimum atomic E-state index is -4.62. The van der Waals surface area contributed by atoms with Crippen LogP contribution in [0.5, 0.6) is 0 Å². The first-order valence-corrected chi connectivity index (χ1v) is 5.95. The van der Waals surface area contributed by atoms with Crippen LogP contribution in [0.1, 0.15) is 18.5 Å². The van der Waals surface area contributed by atoms with Crippen LogP contribution in [0.4, 0.5) is 19.1 Å². The van der Waals surface area contributed by atoms with E-state index in [4.69, 9.17) is 5.73 Å². The van der Waals surface area contributed by atoms with E-state index in [1.165, 1.54) is 7.05 Å². The second-order valence-electron chi connectivity index (χ2n) is 4.68. The number of nitrogens with zero attached hydrogens (tertiary/aromatic N) is 3. The van der Waals surface area contributed by atoms with Gasteiger partial charge >= 0.3 is 6.18 Å². The Kier molecular flexibility index (Phi) is 3.53. The van der Waals surface area contributed by atoms with Gasteiger partial charge in [0.1, 0.15) is 0 Å². The highest BCUT2D eigenvalue weighted by Crippen LogP contribution is 2.28. The Morgan fingerprint density at radius 1 is 1.47 bits per heavy atom. The highest BCUT2D eigenvalue weighted by molar-refractivity contribution is 5.33. The molecular formula is C11H15F3N4O. The van der Waals surface area contributed by atoms with Crippen molar-refractivity contribution in [2.75, 3.05) is 18.0 Å². The minimum absolute atomic E-state index is 0.0231. The third-order valence-electron chi connectivity index (χ3n) is 3.14. The fourth-order valence-corrected chi connectivity index (χ4v) is 2.15. The predicted molar refractivity (Wildman–Crippen MR) is 63.9 cm³/mol. The average Bonchev–Trinajstić information content (AvgIpc) is 2.31. The lowest BCUT2D eigenvalue weighted by Crippen LogP contribution is -2.45. The largest absolute Gasteiger partial charge is 0.433 e. The van der Waals surface area contributed by atoms with Crippen LogP contribution in [0.25, 0.3) is 0 Å². The van der Waals surface area contributed by atoms with E-state index in [0.717, 1.165) is 17.4 Å². The smallest absolute Gasteiger partial charge is 0.341 e. The average molecular weight is 276 g/mol. The van der Waals surface area contributed by atoms with Gasteiger partial charge in [-0.05, 0) is 12.8 Å². The molecule has 0 aromatic carbocycles. The van der Waals surface area contributed by atoms with Crippen LogP contribution in [-0.2, 0) is 13.2 Å². The van der Waals surface area contributed by atoms with E-state index in [1.54, 1.807) is 4.90 Å². The number of rotatable bonds is 1. The first kappa shape index (κ1) is 13.9. The molecule has 19 heavy (non-hydrogen) atoms. The van der Waals surface area contributed by atoms with Gasteiger partial charge in [0.05, 0.1) is 0 Å². The van der Waals surface area contributed by atoms with Gasteiger partial charge in [0, 0.05) is 32.2 Å². The Hall–Kier alpha value is -1.57. The lowest BCUT2D eigenvalue weighted by molar-refractivity contribution is -0.141. The maximum absolute atomic E-state index is 12.7. The van der Waals surface area contributed by atoms with Crippen molar-refractivity contribution < 1.29 is 13.2 Å². The van der Waals surface area contributed by atoms with Gasteiger partial charge in [-0.2, -0.15) is 13.2 Å². The molecular weight excluding hydrogens is 261 g/mol. The van der Waals surface area contributed by atoms with Crippen molar-refractivity contribution in [3.8, 4) is 0 Å². The fraction of sp³-hybridized carbons (Fsp3) is 0.636. The fourth-order valence-electron chi connectivity index (χ4n) is 2.15. The molecule has 1 aliphatic rings. The molecule has 1 aromatic heterocycles. The van der Waals surface area contributed by atoms with Gasteiger partial charge < -0.3 is 10.6 Å². The number of hydrogen-bond donors (Lipinski definition) is 1. The summed E-state index contributed by atoms with van der Waals surface area (Å²) in [5.41, 5.74) is 3.91. The number of hydrogen-bond acceptors (Lipinski definition) is 4. The van der Waals surface area contributed by atoms with Crippen LogP contribution in [0, 0.1) is 0 Å². The molecule has 0 unspecified atom stereocenters. The van der Waals surface area contributed by atoms with Gasteiger partial charge in [-0.3, -0.25) is 9.36 Å². The molecule has 1 fully saturated rings. The molecule has 0 bridgehead atoms. The van der Waals surface area contributed by atoms with Crippen molar-refractivity contribution in [2.45, 2.75) is 25.1 Å². The van der Waals surface area contributed by atoms with Gasteiger partial charge in [0.2, 0.25) is 5.95 Å². The van der Waals surface area contributed by atoms with Gasteiger partial charge in [0.25, 0.3) is 5.56 Å². The SMILES string of the molecule is Cn1c(N2CCC[C@@H](N)C2)nc(C(F)(F)F)cc1=O. The molecule has 0 aliphatic carbocycles. The molecule has 2 heterocycles. The molecule has 5 nitrogen and oxygen atoms in total. The number of anilines is 1. The van der Waals surface area contributed by atoms with Crippen molar-refractivity contribution in [1.82, 2.24) is 9.55 Å². The monoisotopic (exact) mass is 276 g/mol. The topological polar surface area (TPSA) is 64.2 Å². The van der Waals surface area contributed by atoms with Crippen LogP contribution < -0.4 is 16.2 Å². The molecule has 1 aromatic rings.